The van der Waals surface area contributed by atoms with Gasteiger partial charge < -0.3 is 0 Å². The first-order chi connectivity index (χ1) is 6.00. The molecular weight excluding hydrogens is 360 g/mol. The average Bonchev–Trinajstić information content (AvgIpc) is 1.94. The van der Waals surface area contributed by atoms with Crippen LogP contribution in [-0.4, -0.2) is 13.5 Å². The maximum atomic E-state index is 3.97. The third-order valence-electron chi connectivity index (χ3n) is 4.05. The van der Waals surface area contributed by atoms with Crippen LogP contribution in [0.5, 0.6) is 0 Å². The van der Waals surface area contributed by atoms with Gasteiger partial charge in [0.15, 0.2) is 0 Å². The van der Waals surface area contributed by atoms with Crippen LogP contribution >= 0.6 is 47.8 Å². The molecule has 0 amide bonds. The molecule has 0 heterocycles. The van der Waals surface area contributed by atoms with Gasteiger partial charge in [-0.05, 0) is 43.9 Å². The molecule has 0 unspecified atom stereocenters. The monoisotopic (exact) mass is 370 g/mol. The van der Waals surface area contributed by atoms with E-state index in [9.17, 15) is 0 Å². The lowest BCUT2D eigenvalue weighted by molar-refractivity contribution is 0.0740. The Labute approximate surface area is 105 Å². The fraction of sp³-hybridized carbons (Fsp3) is 1.00. The topological polar surface area (TPSA) is 0 Å². The number of halogens is 3. The zero-order valence-electron chi connectivity index (χ0n) is 7.40. The summed E-state index contributed by atoms with van der Waals surface area (Å²) in [5, 5.41) is 0. The highest BCUT2D eigenvalue weighted by molar-refractivity contribution is 9.10. The summed E-state index contributed by atoms with van der Waals surface area (Å²) in [7, 11) is 0. The maximum Gasteiger partial charge on any atom is 0.0277 e. The van der Waals surface area contributed by atoms with E-state index in [2.05, 4.69) is 47.8 Å². The van der Waals surface area contributed by atoms with Crippen molar-refractivity contribution < 1.29 is 0 Å². The van der Waals surface area contributed by atoms with Gasteiger partial charge in [0.05, 0.1) is 0 Å². The van der Waals surface area contributed by atoms with Gasteiger partial charge in [0, 0.05) is 13.5 Å². The average molecular weight is 373 g/mol. The SMILES string of the molecule is BrC1C2CC3(Br)CC1CC(Br)(C2)C3. The van der Waals surface area contributed by atoms with Crippen LogP contribution in [0.15, 0.2) is 0 Å². The van der Waals surface area contributed by atoms with Crippen molar-refractivity contribution in [3.63, 3.8) is 0 Å². The van der Waals surface area contributed by atoms with Gasteiger partial charge in [-0.15, -0.1) is 0 Å². The fourth-order valence-corrected chi connectivity index (χ4v) is 7.74. The summed E-state index contributed by atoms with van der Waals surface area (Å²) in [4.78, 5) is 0.796. The third-order valence-corrected chi connectivity index (χ3v) is 7.40. The van der Waals surface area contributed by atoms with Gasteiger partial charge in [-0.1, -0.05) is 47.8 Å². The minimum Gasteiger partial charge on any atom is -0.0885 e. The second kappa shape index (κ2) is 2.76. The van der Waals surface area contributed by atoms with Crippen LogP contribution < -0.4 is 0 Å². The van der Waals surface area contributed by atoms with Crippen LogP contribution in [0.3, 0.4) is 0 Å². The molecule has 4 saturated carbocycles. The molecular formula is C10H13Br3. The Morgan fingerprint density at radius 1 is 0.846 bits per heavy atom. The first-order valence-electron chi connectivity index (χ1n) is 5.02. The number of rotatable bonds is 0. The Kier molecular flexibility index (Phi) is 2.05. The standard InChI is InChI=1S/C10H13Br3/c11-8-6-1-9(12)3-7(8)4-10(13,2-6)5-9/h6-8H,1-5H2. The molecule has 0 aromatic carbocycles. The summed E-state index contributed by atoms with van der Waals surface area (Å²) in [6.07, 6.45) is 6.87. The van der Waals surface area contributed by atoms with E-state index in [1.807, 2.05) is 0 Å². The summed E-state index contributed by atoms with van der Waals surface area (Å²) < 4.78 is 0.958. The minimum atomic E-state index is 0.479. The highest BCUT2D eigenvalue weighted by atomic mass is 79.9. The van der Waals surface area contributed by atoms with Gasteiger partial charge in [0.2, 0.25) is 0 Å². The van der Waals surface area contributed by atoms with Crippen LogP contribution in [0.2, 0.25) is 0 Å². The van der Waals surface area contributed by atoms with Crippen LogP contribution in [0.25, 0.3) is 0 Å². The molecule has 74 valence electrons. The highest BCUT2D eigenvalue weighted by Crippen LogP contribution is 2.64. The second-order valence-corrected chi connectivity index (χ2v) is 9.68. The molecule has 4 aliphatic rings. The van der Waals surface area contributed by atoms with E-state index in [4.69, 9.17) is 0 Å². The number of hydrogen-bond donors (Lipinski definition) is 0. The normalized spacial score (nSPS) is 64.4. The van der Waals surface area contributed by atoms with E-state index >= 15 is 0 Å². The first kappa shape index (κ1) is 9.65. The van der Waals surface area contributed by atoms with E-state index in [0.29, 0.717) is 8.65 Å². The molecule has 0 nitrogen and oxygen atoms in total. The van der Waals surface area contributed by atoms with E-state index in [1.54, 1.807) is 0 Å². The molecule has 4 rings (SSSR count). The van der Waals surface area contributed by atoms with Gasteiger partial charge >= 0.3 is 0 Å². The van der Waals surface area contributed by atoms with Crippen LogP contribution in [0.4, 0.5) is 0 Å². The van der Waals surface area contributed by atoms with Crippen molar-refractivity contribution in [1.29, 1.82) is 0 Å². The van der Waals surface area contributed by atoms with Gasteiger partial charge in [0.1, 0.15) is 0 Å². The quantitative estimate of drug-likeness (QED) is 0.558. The summed E-state index contributed by atoms with van der Waals surface area (Å²) >= 11 is 11.8. The summed E-state index contributed by atoms with van der Waals surface area (Å²) in [5.74, 6) is 1.81. The van der Waals surface area contributed by atoms with E-state index in [-0.39, 0.29) is 0 Å². The third kappa shape index (κ3) is 1.40. The second-order valence-electron chi connectivity index (χ2n) is 5.26. The van der Waals surface area contributed by atoms with E-state index in [1.165, 1.54) is 32.1 Å². The molecule has 0 radical (unpaired) electrons. The van der Waals surface area contributed by atoms with Crippen LogP contribution in [0, 0.1) is 11.8 Å². The first-order valence-corrected chi connectivity index (χ1v) is 7.52. The summed E-state index contributed by atoms with van der Waals surface area (Å²) in [6, 6.07) is 0. The lowest BCUT2D eigenvalue weighted by Gasteiger charge is -2.60. The fourth-order valence-electron chi connectivity index (χ4n) is 3.88. The molecule has 4 fully saturated rings. The Morgan fingerprint density at radius 3 is 1.62 bits per heavy atom. The number of alkyl halides is 3. The molecule has 4 bridgehead atoms. The van der Waals surface area contributed by atoms with Crippen molar-refractivity contribution in [2.45, 2.75) is 45.6 Å². The zero-order valence-corrected chi connectivity index (χ0v) is 12.2. The van der Waals surface area contributed by atoms with Crippen molar-refractivity contribution in [2.75, 3.05) is 0 Å². The van der Waals surface area contributed by atoms with E-state index in [0.717, 1.165) is 16.7 Å². The molecule has 0 aromatic heterocycles. The molecule has 0 spiro atoms. The van der Waals surface area contributed by atoms with Crippen molar-refractivity contribution in [2.24, 2.45) is 11.8 Å². The molecule has 4 aliphatic carbocycles. The summed E-state index contributed by atoms with van der Waals surface area (Å²) in [6.45, 7) is 0. The molecule has 13 heavy (non-hydrogen) atoms. The van der Waals surface area contributed by atoms with Crippen molar-refractivity contribution in [3.05, 3.63) is 0 Å². The van der Waals surface area contributed by atoms with Gasteiger partial charge in [-0.25, -0.2) is 0 Å². The van der Waals surface area contributed by atoms with Crippen molar-refractivity contribution >= 4 is 47.8 Å². The molecule has 0 N–H and O–H groups in total. The molecule has 0 aliphatic heterocycles. The Balaban J connectivity index is 1.99. The number of hydrogen-bond acceptors (Lipinski definition) is 0. The highest BCUT2D eigenvalue weighted by Gasteiger charge is 2.59. The molecule has 3 heteroatoms. The van der Waals surface area contributed by atoms with Crippen LogP contribution in [0.1, 0.15) is 32.1 Å². The van der Waals surface area contributed by atoms with Gasteiger partial charge in [-0.3, -0.25) is 0 Å². The van der Waals surface area contributed by atoms with Crippen molar-refractivity contribution in [3.8, 4) is 0 Å². The van der Waals surface area contributed by atoms with Gasteiger partial charge in [-0.2, -0.15) is 0 Å². The Bertz CT molecular complexity index is 215. The Morgan fingerprint density at radius 2 is 1.23 bits per heavy atom. The van der Waals surface area contributed by atoms with Crippen LogP contribution in [-0.2, 0) is 0 Å². The maximum absolute atomic E-state index is 3.97. The predicted octanol–water partition coefficient (Wildman–Crippen LogP) is 4.24. The molecule has 0 atom stereocenters. The zero-order chi connectivity index (χ0) is 9.27. The molecule has 0 saturated heterocycles. The summed E-state index contributed by atoms with van der Waals surface area (Å²) in [5.41, 5.74) is 0. The van der Waals surface area contributed by atoms with E-state index < -0.39 is 0 Å². The predicted molar refractivity (Wildman–Crippen MR) is 66.1 cm³/mol. The van der Waals surface area contributed by atoms with Gasteiger partial charge in [0.25, 0.3) is 0 Å². The largest absolute Gasteiger partial charge is 0.0885 e. The molecule has 0 aromatic rings. The lowest BCUT2D eigenvalue weighted by Crippen LogP contribution is -2.58. The minimum absolute atomic E-state index is 0.479. The smallest absolute Gasteiger partial charge is 0.0277 e. The van der Waals surface area contributed by atoms with Crippen molar-refractivity contribution in [1.82, 2.24) is 0 Å². The Hall–Kier alpha value is 1.44. The lowest BCUT2D eigenvalue weighted by atomic mass is 9.56.